The van der Waals surface area contributed by atoms with Crippen LogP contribution in [0.1, 0.15) is 51.4 Å². The smallest absolute Gasteiger partial charge is 0.305 e. The predicted octanol–water partition coefficient (Wildman–Crippen LogP) is 2.04. The van der Waals surface area contributed by atoms with Gasteiger partial charge in [-0.05, 0) is 19.3 Å². The Kier molecular flexibility index (Phi) is 7.21. The minimum absolute atomic E-state index is 0.108. The zero-order valence-electron chi connectivity index (χ0n) is 10.7. The van der Waals surface area contributed by atoms with E-state index in [0.29, 0.717) is 18.6 Å². The van der Waals surface area contributed by atoms with E-state index in [4.69, 9.17) is 9.84 Å². The molecule has 0 saturated carbocycles. The first-order valence-corrected chi connectivity index (χ1v) is 6.61. The SMILES string of the molecule is COC(=O)CCCCCCCC1OC1CCO. The standard InChI is InChI=1S/C13H24O4/c1-16-13(15)8-6-4-2-3-5-7-11-12(17-11)9-10-14/h11-12,14H,2-10H2,1H3. The molecule has 1 saturated heterocycles. The summed E-state index contributed by atoms with van der Waals surface area (Å²) in [5.41, 5.74) is 0. The van der Waals surface area contributed by atoms with Crippen molar-refractivity contribution >= 4 is 5.97 Å². The van der Waals surface area contributed by atoms with E-state index in [0.717, 1.165) is 25.7 Å². The Morgan fingerprint density at radius 2 is 1.76 bits per heavy atom. The highest BCUT2D eigenvalue weighted by atomic mass is 16.6. The highest BCUT2D eigenvalue weighted by Crippen LogP contribution is 2.29. The average Bonchev–Trinajstić information content (AvgIpc) is 3.06. The van der Waals surface area contributed by atoms with Crippen molar-refractivity contribution in [3.63, 3.8) is 0 Å². The van der Waals surface area contributed by atoms with Crippen molar-refractivity contribution in [1.82, 2.24) is 0 Å². The molecule has 1 heterocycles. The first-order valence-electron chi connectivity index (χ1n) is 6.61. The van der Waals surface area contributed by atoms with Gasteiger partial charge in [-0.15, -0.1) is 0 Å². The molecule has 0 spiro atoms. The van der Waals surface area contributed by atoms with Gasteiger partial charge >= 0.3 is 5.97 Å². The Balaban J connectivity index is 1.78. The summed E-state index contributed by atoms with van der Waals surface area (Å²) in [6.45, 7) is 0.231. The van der Waals surface area contributed by atoms with Crippen LogP contribution < -0.4 is 0 Å². The highest BCUT2D eigenvalue weighted by molar-refractivity contribution is 5.68. The molecule has 0 aromatic carbocycles. The van der Waals surface area contributed by atoms with Gasteiger partial charge in [0, 0.05) is 13.0 Å². The summed E-state index contributed by atoms with van der Waals surface area (Å²) in [6, 6.07) is 0. The second kappa shape index (κ2) is 8.48. The van der Waals surface area contributed by atoms with Crippen LogP contribution >= 0.6 is 0 Å². The average molecular weight is 244 g/mol. The van der Waals surface area contributed by atoms with Crippen molar-refractivity contribution in [2.24, 2.45) is 0 Å². The van der Waals surface area contributed by atoms with Gasteiger partial charge in [0.25, 0.3) is 0 Å². The Morgan fingerprint density at radius 1 is 1.12 bits per heavy atom. The number of aliphatic hydroxyl groups is 1. The van der Waals surface area contributed by atoms with Crippen LogP contribution in [0.2, 0.25) is 0 Å². The quantitative estimate of drug-likeness (QED) is 0.363. The fourth-order valence-corrected chi connectivity index (χ4v) is 2.06. The maximum absolute atomic E-state index is 10.8. The Bertz CT molecular complexity index is 217. The van der Waals surface area contributed by atoms with Gasteiger partial charge in [-0.3, -0.25) is 4.79 Å². The molecule has 0 radical (unpaired) electrons. The molecule has 4 nitrogen and oxygen atoms in total. The van der Waals surface area contributed by atoms with Gasteiger partial charge in [-0.25, -0.2) is 0 Å². The molecule has 1 fully saturated rings. The highest BCUT2D eigenvalue weighted by Gasteiger charge is 2.36. The number of aliphatic hydroxyl groups excluding tert-OH is 1. The summed E-state index contributed by atoms with van der Waals surface area (Å²) in [5.74, 6) is -0.108. The van der Waals surface area contributed by atoms with Crippen molar-refractivity contribution in [3.8, 4) is 0 Å². The lowest BCUT2D eigenvalue weighted by Crippen LogP contribution is -1.99. The van der Waals surface area contributed by atoms with E-state index in [-0.39, 0.29) is 12.6 Å². The van der Waals surface area contributed by atoms with E-state index in [1.54, 1.807) is 0 Å². The molecule has 4 heteroatoms. The van der Waals surface area contributed by atoms with Gasteiger partial charge in [0.2, 0.25) is 0 Å². The normalized spacial score (nSPS) is 22.5. The second-order valence-corrected chi connectivity index (χ2v) is 4.61. The second-order valence-electron chi connectivity index (χ2n) is 4.61. The van der Waals surface area contributed by atoms with Gasteiger partial charge in [0.15, 0.2) is 0 Å². The number of hydrogen-bond donors (Lipinski definition) is 1. The van der Waals surface area contributed by atoms with Crippen molar-refractivity contribution < 1.29 is 19.4 Å². The molecule has 2 atom stereocenters. The maximum Gasteiger partial charge on any atom is 0.305 e. The van der Waals surface area contributed by atoms with Gasteiger partial charge < -0.3 is 14.6 Å². The largest absolute Gasteiger partial charge is 0.469 e. The van der Waals surface area contributed by atoms with E-state index < -0.39 is 0 Å². The van der Waals surface area contributed by atoms with Crippen LogP contribution in [-0.2, 0) is 14.3 Å². The van der Waals surface area contributed by atoms with Crippen LogP contribution in [0.3, 0.4) is 0 Å². The molecule has 17 heavy (non-hydrogen) atoms. The Labute approximate surface area is 103 Å². The van der Waals surface area contributed by atoms with Crippen LogP contribution in [0.15, 0.2) is 0 Å². The lowest BCUT2D eigenvalue weighted by atomic mass is 10.1. The third-order valence-electron chi connectivity index (χ3n) is 3.20. The zero-order chi connectivity index (χ0) is 12.5. The van der Waals surface area contributed by atoms with E-state index in [9.17, 15) is 4.79 Å². The fourth-order valence-electron chi connectivity index (χ4n) is 2.06. The maximum atomic E-state index is 10.8. The predicted molar refractivity (Wildman–Crippen MR) is 64.7 cm³/mol. The molecule has 2 unspecified atom stereocenters. The molecule has 100 valence electrons. The number of epoxide rings is 1. The lowest BCUT2D eigenvalue weighted by Gasteiger charge is -2.00. The molecular formula is C13H24O4. The first-order chi connectivity index (χ1) is 8.27. The summed E-state index contributed by atoms with van der Waals surface area (Å²) in [6.07, 6.45) is 8.75. The van der Waals surface area contributed by atoms with E-state index in [1.807, 2.05) is 0 Å². The first kappa shape index (κ1) is 14.5. The topological polar surface area (TPSA) is 59.1 Å². The Hall–Kier alpha value is -0.610. The van der Waals surface area contributed by atoms with Crippen molar-refractivity contribution in [1.29, 1.82) is 0 Å². The van der Waals surface area contributed by atoms with Gasteiger partial charge in [0.1, 0.15) is 0 Å². The molecule has 1 rings (SSSR count). The molecule has 0 bridgehead atoms. The third kappa shape index (κ3) is 6.64. The molecule has 0 aromatic rings. The van der Waals surface area contributed by atoms with Crippen LogP contribution in [0.25, 0.3) is 0 Å². The Morgan fingerprint density at radius 3 is 2.47 bits per heavy atom. The number of esters is 1. The van der Waals surface area contributed by atoms with Crippen molar-refractivity contribution in [2.45, 2.75) is 63.6 Å². The monoisotopic (exact) mass is 244 g/mol. The minimum atomic E-state index is -0.108. The summed E-state index contributed by atoms with van der Waals surface area (Å²) < 4.78 is 9.99. The van der Waals surface area contributed by atoms with Crippen LogP contribution in [0.5, 0.6) is 0 Å². The number of rotatable bonds is 10. The van der Waals surface area contributed by atoms with Crippen LogP contribution in [-0.4, -0.2) is 37.0 Å². The number of ether oxygens (including phenoxy) is 2. The summed E-state index contributed by atoms with van der Waals surface area (Å²) in [5, 5.41) is 8.71. The third-order valence-corrected chi connectivity index (χ3v) is 3.20. The lowest BCUT2D eigenvalue weighted by molar-refractivity contribution is -0.140. The molecule has 1 aliphatic rings. The zero-order valence-corrected chi connectivity index (χ0v) is 10.7. The molecule has 0 aliphatic carbocycles. The number of unbranched alkanes of at least 4 members (excludes halogenated alkanes) is 4. The molecule has 0 amide bonds. The van der Waals surface area contributed by atoms with Gasteiger partial charge in [0.05, 0.1) is 19.3 Å². The van der Waals surface area contributed by atoms with Crippen LogP contribution in [0.4, 0.5) is 0 Å². The van der Waals surface area contributed by atoms with Gasteiger partial charge in [-0.1, -0.05) is 25.7 Å². The fraction of sp³-hybridized carbons (Fsp3) is 0.923. The number of hydrogen-bond acceptors (Lipinski definition) is 4. The number of methoxy groups -OCH3 is 1. The minimum Gasteiger partial charge on any atom is -0.469 e. The number of carbonyl (C=O) groups excluding carboxylic acids is 1. The molecule has 1 aliphatic heterocycles. The van der Waals surface area contributed by atoms with E-state index in [2.05, 4.69) is 4.74 Å². The summed E-state index contributed by atoms with van der Waals surface area (Å²) in [4.78, 5) is 10.8. The van der Waals surface area contributed by atoms with Gasteiger partial charge in [-0.2, -0.15) is 0 Å². The van der Waals surface area contributed by atoms with Crippen LogP contribution in [0, 0.1) is 0 Å². The summed E-state index contributed by atoms with van der Waals surface area (Å²) in [7, 11) is 1.43. The molecule has 1 N–H and O–H groups in total. The van der Waals surface area contributed by atoms with Crippen molar-refractivity contribution in [3.05, 3.63) is 0 Å². The molecule has 0 aromatic heterocycles. The number of carbonyl (C=O) groups is 1. The van der Waals surface area contributed by atoms with Crippen molar-refractivity contribution in [2.75, 3.05) is 13.7 Å². The van der Waals surface area contributed by atoms with E-state index >= 15 is 0 Å². The molecular weight excluding hydrogens is 220 g/mol. The summed E-state index contributed by atoms with van der Waals surface area (Å²) >= 11 is 0. The van der Waals surface area contributed by atoms with E-state index in [1.165, 1.54) is 26.4 Å².